The topological polar surface area (TPSA) is 110 Å². The van der Waals surface area contributed by atoms with E-state index in [0.717, 1.165) is 6.07 Å². The number of nitro benzene ring substituents is 1. The summed E-state index contributed by atoms with van der Waals surface area (Å²) in [6.07, 6.45) is 0. The number of carboxylic acid groups (broad SMARTS) is 1. The molecule has 0 aliphatic rings. The Labute approximate surface area is 123 Å². The van der Waals surface area contributed by atoms with E-state index >= 15 is 0 Å². The zero-order valence-electron chi connectivity index (χ0n) is 10.8. The van der Waals surface area contributed by atoms with Gasteiger partial charge in [0.1, 0.15) is 0 Å². The van der Waals surface area contributed by atoms with Crippen LogP contribution < -0.4 is 5.32 Å². The van der Waals surface area contributed by atoms with Gasteiger partial charge in [-0.15, -0.1) is 0 Å². The molecule has 0 spiro atoms. The maximum atomic E-state index is 12.0. The lowest BCUT2D eigenvalue weighted by Crippen LogP contribution is -2.39. The summed E-state index contributed by atoms with van der Waals surface area (Å²) >= 11 is 3.13. The van der Waals surface area contributed by atoms with Crippen LogP contribution in [-0.2, 0) is 4.79 Å². The lowest BCUT2D eigenvalue weighted by Gasteiger charge is -2.19. The fourth-order valence-corrected chi connectivity index (χ4v) is 1.70. The third-order valence-corrected chi connectivity index (χ3v) is 3.37. The largest absolute Gasteiger partial charge is 0.481 e. The standard InChI is InChI=1S/C12H13BrN2O5/c1-12(2,11(17)18)6-14-10(16)8-5-7(15(19)20)3-4-9(8)13/h3-5H,6H2,1-2H3,(H,14,16)(H,17,18). The summed E-state index contributed by atoms with van der Waals surface area (Å²) in [5.41, 5.74) is -1.25. The molecule has 0 saturated carbocycles. The van der Waals surface area contributed by atoms with Crippen molar-refractivity contribution < 1.29 is 19.6 Å². The number of carbonyl (C=O) groups excluding carboxylic acids is 1. The van der Waals surface area contributed by atoms with Crippen LogP contribution >= 0.6 is 15.9 Å². The Hall–Kier alpha value is -1.96. The molecule has 7 nitrogen and oxygen atoms in total. The molecule has 0 atom stereocenters. The number of non-ortho nitro benzene ring substituents is 1. The monoisotopic (exact) mass is 344 g/mol. The first kappa shape index (κ1) is 16.1. The smallest absolute Gasteiger partial charge is 0.310 e. The molecule has 0 heterocycles. The molecule has 0 fully saturated rings. The van der Waals surface area contributed by atoms with Crippen molar-refractivity contribution in [2.75, 3.05) is 6.54 Å². The van der Waals surface area contributed by atoms with Crippen LogP contribution in [0.25, 0.3) is 0 Å². The predicted molar refractivity (Wildman–Crippen MR) is 74.5 cm³/mol. The van der Waals surface area contributed by atoms with Gasteiger partial charge in [-0.2, -0.15) is 0 Å². The number of halogens is 1. The number of nitro groups is 1. The molecular weight excluding hydrogens is 332 g/mol. The first-order valence-corrected chi connectivity index (χ1v) is 6.40. The van der Waals surface area contributed by atoms with Crippen molar-refractivity contribution >= 4 is 33.5 Å². The van der Waals surface area contributed by atoms with E-state index in [-0.39, 0.29) is 17.8 Å². The van der Waals surface area contributed by atoms with Crippen LogP contribution in [0.2, 0.25) is 0 Å². The Morgan fingerprint density at radius 2 is 2.05 bits per heavy atom. The Kier molecular flexibility index (Phi) is 4.83. The second kappa shape index (κ2) is 6.00. The van der Waals surface area contributed by atoms with Gasteiger partial charge in [-0.3, -0.25) is 19.7 Å². The lowest BCUT2D eigenvalue weighted by atomic mass is 9.94. The van der Waals surface area contributed by atoms with Crippen molar-refractivity contribution in [2.45, 2.75) is 13.8 Å². The summed E-state index contributed by atoms with van der Waals surface area (Å²) in [6.45, 7) is 2.85. The second-order valence-corrected chi connectivity index (χ2v) is 5.65. The predicted octanol–water partition coefficient (Wildman–Crippen LogP) is 2.20. The highest BCUT2D eigenvalue weighted by molar-refractivity contribution is 9.10. The summed E-state index contributed by atoms with van der Waals surface area (Å²) < 4.78 is 0.397. The number of nitrogens with one attached hydrogen (secondary N) is 1. The van der Waals surface area contributed by atoms with Gasteiger partial charge in [0.05, 0.1) is 15.9 Å². The number of hydrogen-bond donors (Lipinski definition) is 2. The molecule has 0 unspecified atom stereocenters. The van der Waals surface area contributed by atoms with Gasteiger partial charge >= 0.3 is 5.97 Å². The van der Waals surface area contributed by atoms with E-state index in [1.165, 1.54) is 26.0 Å². The minimum atomic E-state index is -1.12. The quantitative estimate of drug-likeness (QED) is 0.628. The number of benzene rings is 1. The Morgan fingerprint density at radius 1 is 1.45 bits per heavy atom. The highest BCUT2D eigenvalue weighted by atomic mass is 79.9. The van der Waals surface area contributed by atoms with E-state index in [4.69, 9.17) is 5.11 Å². The van der Waals surface area contributed by atoms with Gasteiger partial charge in [0.25, 0.3) is 11.6 Å². The van der Waals surface area contributed by atoms with E-state index < -0.39 is 22.2 Å². The number of carbonyl (C=O) groups is 2. The SMILES string of the molecule is CC(C)(CNC(=O)c1cc([N+](=O)[O-])ccc1Br)C(=O)O. The highest BCUT2D eigenvalue weighted by Gasteiger charge is 2.28. The average Bonchev–Trinajstić information content (AvgIpc) is 2.36. The van der Waals surface area contributed by atoms with Crippen LogP contribution in [0.5, 0.6) is 0 Å². The van der Waals surface area contributed by atoms with Gasteiger partial charge in [0, 0.05) is 23.2 Å². The van der Waals surface area contributed by atoms with Gasteiger partial charge in [0.15, 0.2) is 0 Å². The number of hydrogen-bond acceptors (Lipinski definition) is 4. The molecule has 1 amide bonds. The summed E-state index contributed by atoms with van der Waals surface area (Å²) in [4.78, 5) is 33.0. The number of aliphatic carboxylic acids is 1. The zero-order valence-corrected chi connectivity index (χ0v) is 12.4. The molecule has 0 aliphatic heterocycles. The molecule has 8 heteroatoms. The first-order valence-electron chi connectivity index (χ1n) is 5.60. The van der Waals surface area contributed by atoms with E-state index in [1.807, 2.05) is 0 Å². The van der Waals surface area contributed by atoms with Crippen molar-refractivity contribution in [1.29, 1.82) is 0 Å². The zero-order chi connectivity index (χ0) is 15.5. The highest BCUT2D eigenvalue weighted by Crippen LogP contribution is 2.23. The van der Waals surface area contributed by atoms with E-state index in [0.29, 0.717) is 4.47 Å². The maximum absolute atomic E-state index is 12.0. The minimum absolute atomic E-state index is 0.0837. The normalized spacial score (nSPS) is 10.9. The van der Waals surface area contributed by atoms with Crippen LogP contribution in [0, 0.1) is 15.5 Å². The van der Waals surface area contributed by atoms with Crippen molar-refractivity contribution in [1.82, 2.24) is 5.32 Å². The molecule has 0 aliphatic carbocycles. The van der Waals surface area contributed by atoms with Crippen molar-refractivity contribution in [2.24, 2.45) is 5.41 Å². The molecule has 0 aromatic heterocycles. The minimum Gasteiger partial charge on any atom is -0.481 e. The van der Waals surface area contributed by atoms with Crippen molar-refractivity contribution in [3.8, 4) is 0 Å². The summed E-state index contributed by atoms with van der Waals surface area (Å²) in [5.74, 6) is -1.62. The average molecular weight is 345 g/mol. The van der Waals surface area contributed by atoms with E-state index in [2.05, 4.69) is 21.2 Å². The molecule has 0 saturated heterocycles. The molecule has 1 aromatic rings. The van der Waals surface area contributed by atoms with Crippen LogP contribution in [0.3, 0.4) is 0 Å². The first-order chi connectivity index (χ1) is 9.15. The number of amides is 1. The van der Waals surface area contributed by atoms with Gasteiger partial charge in [-0.1, -0.05) is 0 Å². The fourth-order valence-electron chi connectivity index (χ4n) is 1.27. The van der Waals surface area contributed by atoms with E-state index in [9.17, 15) is 19.7 Å². The third-order valence-electron chi connectivity index (χ3n) is 2.68. The second-order valence-electron chi connectivity index (χ2n) is 4.79. The summed E-state index contributed by atoms with van der Waals surface area (Å²) in [5, 5.41) is 22.1. The lowest BCUT2D eigenvalue weighted by molar-refractivity contribution is -0.384. The van der Waals surface area contributed by atoms with Gasteiger partial charge in [-0.05, 0) is 35.8 Å². The molecule has 1 rings (SSSR count). The Morgan fingerprint density at radius 3 is 2.55 bits per heavy atom. The van der Waals surface area contributed by atoms with Crippen LogP contribution in [0.15, 0.2) is 22.7 Å². The van der Waals surface area contributed by atoms with E-state index in [1.54, 1.807) is 0 Å². The fraction of sp³-hybridized carbons (Fsp3) is 0.333. The van der Waals surface area contributed by atoms with Gasteiger partial charge in [0.2, 0.25) is 0 Å². The summed E-state index contributed by atoms with van der Waals surface area (Å²) in [7, 11) is 0. The number of rotatable bonds is 5. The van der Waals surface area contributed by atoms with Crippen LogP contribution in [-0.4, -0.2) is 28.5 Å². The van der Waals surface area contributed by atoms with Crippen molar-refractivity contribution in [3.63, 3.8) is 0 Å². The maximum Gasteiger partial charge on any atom is 0.310 e. The molecule has 0 radical (unpaired) electrons. The van der Waals surface area contributed by atoms with Gasteiger partial charge < -0.3 is 10.4 Å². The van der Waals surface area contributed by atoms with Crippen molar-refractivity contribution in [3.05, 3.63) is 38.3 Å². The molecule has 1 aromatic carbocycles. The van der Waals surface area contributed by atoms with Crippen LogP contribution in [0.1, 0.15) is 24.2 Å². The van der Waals surface area contributed by atoms with Gasteiger partial charge in [-0.25, -0.2) is 0 Å². The number of carboxylic acids is 1. The Bertz CT molecular complexity index is 571. The summed E-state index contributed by atoms with van der Waals surface area (Å²) in [6, 6.07) is 3.80. The molecule has 108 valence electrons. The van der Waals surface area contributed by atoms with Crippen LogP contribution in [0.4, 0.5) is 5.69 Å². The Balaban J connectivity index is 2.90. The third kappa shape index (κ3) is 3.77. The molecule has 0 bridgehead atoms. The molecule has 2 N–H and O–H groups in total. The molecule has 20 heavy (non-hydrogen) atoms. The molecular formula is C12H13BrN2O5. The number of nitrogens with zero attached hydrogens (tertiary/aromatic N) is 1.